The molecular weight excluding hydrogens is 514 g/mol. The summed E-state index contributed by atoms with van der Waals surface area (Å²) in [5, 5.41) is 5.84. The van der Waals surface area contributed by atoms with E-state index in [0.717, 1.165) is 24.3 Å². The number of guanidine groups is 1. The summed E-state index contributed by atoms with van der Waals surface area (Å²) in [5.41, 5.74) is -0.631. The number of carbonyl (C=O) groups excluding carboxylic acids is 2. The van der Waals surface area contributed by atoms with Gasteiger partial charge in [0, 0.05) is 51.8 Å². The van der Waals surface area contributed by atoms with E-state index in [9.17, 15) is 22.8 Å². The highest BCUT2D eigenvalue weighted by atomic mass is 127. The van der Waals surface area contributed by atoms with Crippen molar-refractivity contribution < 1.29 is 22.8 Å². The van der Waals surface area contributed by atoms with Crippen molar-refractivity contribution in [3.05, 3.63) is 35.4 Å². The minimum Gasteiger partial charge on any atom is -0.357 e. The third-order valence-corrected chi connectivity index (χ3v) is 4.49. The van der Waals surface area contributed by atoms with Crippen LogP contribution < -0.4 is 10.6 Å². The highest BCUT2D eigenvalue weighted by Gasteiger charge is 2.30. The summed E-state index contributed by atoms with van der Waals surface area (Å²) in [6, 6.07) is 4.08. The van der Waals surface area contributed by atoms with E-state index in [1.54, 1.807) is 11.8 Å². The summed E-state index contributed by atoms with van der Waals surface area (Å²) < 4.78 is 37.7. The van der Waals surface area contributed by atoms with Gasteiger partial charge in [0.2, 0.25) is 5.91 Å². The lowest BCUT2D eigenvalue weighted by Crippen LogP contribution is -2.53. The van der Waals surface area contributed by atoms with E-state index >= 15 is 0 Å². The second-order valence-corrected chi connectivity index (χ2v) is 6.56. The summed E-state index contributed by atoms with van der Waals surface area (Å²) in [7, 11) is 0. The first kappa shape index (κ1) is 26.0. The van der Waals surface area contributed by atoms with Crippen LogP contribution in [0.5, 0.6) is 0 Å². The second-order valence-electron chi connectivity index (χ2n) is 6.56. The third kappa shape index (κ3) is 7.65. The number of benzene rings is 1. The summed E-state index contributed by atoms with van der Waals surface area (Å²) in [5.74, 6) is 0.311. The molecule has 7 nitrogen and oxygen atoms in total. The van der Waals surface area contributed by atoms with Crippen LogP contribution in [0, 0.1) is 0 Å². The molecule has 2 rings (SSSR count). The Balaban J connectivity index is 0.00000450. The van der Waals surface area contributed by atoms with Crippen molar-refractivity contribution in [2.45, 2.75) is 20.0 Å². The quantitative estimate of drug-likeness (QED) is 0.260. The van der Waals surface area contributed by atoms with Crippen LogP contribution in [-0.4, -0.2) is 73.4 Å². The molecule has 1 aromatic carbocycles. The van der Waals surface area contributed by atoms with E-state index in [1.165, 1.54) is 0 Å². The number of carbonyl (C=O) groups is 2. The molecule has 0 saturated carbocycles. The smallest absolute Gasteiger partial charge is 0.357 e. The summed E-state index contributed by atoms with van der Waals surface area (Å²) in [6.45, 7) is 7.36. The molecule has 1 aliphatic rings. The molecule has 1 aliphatic heterocycles. The number of halogens is 4. The first-order valence-electron chi connectivity index (χ1n) is 9.46. The molecular formula is C19H27F3IN5O2. The largest absolute Gasteiger partial charge is 0.416 e. The number of nitrogens with zero attached hydrogens (tertiary/aromatic N) is 3. The fourth-order valence-corrected chi connectivity index (χ4v) is 2.90. The van der Waals surface area contributed by atoms with Gasteiger partial charge in [-0.2, -0.15) is 13.2 Å². The number of nitrogens with one attached hydrogen (secondary N) is 2. The van der Waals surface area contributed by atoms with Crippen molar-refractivity contribution in [2.24, 2.45) is 4.99 Å². The van der Waals surface area contributed by atoms with Gasteiger partial charge in [-0.25, -0.2) is 0 Å². The lowest BCUT2D eigenvalue weighted by molar-refractivity contribution is -0.137. The number of amides is 2. The normalized spacial score (nSPS) is 14.8. The van der Waals surface area contributed by atoms with Gasteiger partial charge in [0.05, 0.1) is 12.1 Å². The summed E-state index contributed by atoms with van der Waals surface area (Å²) in [6.07, 6.45) is -4.43. The maximum atomic E-state index is 12.6. The number of hydrogen-bond donors (Lipinski definition) is 2. The van der Waals surface area contributed by atoms with E-state index in [4.69, 9.17) is 0 Å². The van der Waals surface area contributed by atoms with Crippen LogP contribution in [0.2, 0.25) is 0 Å². The van der Waals surface area contributed by atoms with Gasteiger partial charge >= 0.3 is 6.18 Å². The average molecular weight is 541 g/mol. The molecule has 0 aromatic heterocycles. The molecule has 1 aromatic rings. The zero-order valence-corrected chi connectivity index (χ0v) is 19.3. The number of rotatable bonds is 5. The highest BCUT2D eigenvalue weighted by molar-refractivity contribution is 14.0. The van der Waals surface area contributed by atoms with Gasteiger partial charge in [-0.15, -0.1) is 24.0 Å². The van der Waals surface area contributed by atoms with E-state index in [2.05, 4.69) is 20.5 Å². The summed E-state index contributed by atoms with van der Waals surface area (Å²) in [4.78, 5) is 31.8. The molecule has 0 radical (unpaired) electrons. The van der Waals surface area contributed by atoms with Gasteiger partial charge in [-0.3, -0.25) is 14.6 Å². The monoisotopic (exact) mass is 541 g/mol. The Morgan fingerprint density at radius 1 is 1.03 bits per heavy atom. The molecule has 2 amide bonds. The Labute approximate surface area is 191 Å². The van der Waals surface area contributed by atoms with Crippen LogP contribution >= 0.6 is 24.0 Å². The summed E-state index contributed by atoms with van der Waals surface area (Å²) >= 11 is 0. The number of hydrogen-bond acceptors (Lipinski definition) is 3. The number of piperazine rings is 1. The van der Waals surface area contributed by atoms with Crippen LogP contribution in [0.3, 0.4) is 0 Å². The third-order valence-electron chi connectivity index (χ3n) is 4.49. The van der Waals surface area contributed by atoms with Crippen LogP contribution in [0.1, 0.15) is 29.8 Å². The van der Waals surface area contributed by atoms with Crippen molar-refractivity contribution in [2.75, 3.05) is 45.8 Å². The Kier molecular flexibility index (Phi) is 10.4. The molecule has 1 saturated heterocycles. The van der Waals surface area contributed by atoms with E-state index in [1.807, 2.05) is 6.92 Å². The van der Waals surface area contributed by atoms with Gasteiger partial charge in [0.1, 0.15) is 0 Å². The van der Waals surface area contributed by atoms with E-state index < -0.39 is 17.6 Å². The van der Waals surface area contributed by atoms with E-state index in [0.29, 0.717) is 45.2 Å². The lowest BCUT2D eigenvalue weighted by atomic mass is 10.1. The van der Waals surface area contributed by atoms with Crippen LogP contribution in [0.25, 0.3) is 0 Å². The van der Waals surface area contributed by atoms with Gasteiger partial charge in [-0.1, -0.05) is 0 Å². The Hall–Kier alpha value is -2.05. The molecule has 0 aliphatic carbocycles. The molecule has 0 unspecified atom stereocenters. The van der Waals surface area contributed by atoms with Gasteiger partial charge in [0.15, 0.2) is 5.96 Å². The van der Waals surface area contributed by atoms with Gasteiger partial charge in [-0.05, 0) is 31.2 Å². The van der Waals surface area contributed by atoms with Crippen LogP contribution in [0.15, 0.2) is 29.3 Å². The van der Waals surface area contributed by atoms with Crippen molar-refractivity contribution >= 4 is 41.8 Å². The van der Waals surface area contributed by atoms with Crippen molar-refractivity contribution in [1.82, 2.24) is 20.4 Å². The molecule has 168 valence electrons. The van der Waals surface area contributed by atoms with Crippen molar-refractivity contribution in [3.8, 4) is 0 Å². The maximum absolute atomic E-state index is 12.6. The van der Waals surface area contributed by atoms with E-state index in [-0.39, 0.29) is 42.0 Å². The predicted octanol–water partition coefficient (Wildman–Crippen LogP) is 2.18. The average Bonchev–Trinajstić information content (AvgIpc) is 2.69. The maximum Gasteiger partial charge on any atom is 0.416 e. The molecule has 0 atom stereocenters. The second kappa shape index (κ2) is 12.0. The zero-order valence-electron chi connectivity index (χ0n) is 17.0. The first-order valence-corrected chi connectivity index (χ1v) is 9.46. The van der Waals surface area contributed by atoms with Crippen LogP contribution in [-0.2, 0) is 11.0 Å². The molecule has 0 spiro atoms. The van der Waals surface area contributed by atoms with Crippen LogP contribution in [0.4, 0.5) is 13.2 Å². The minimum atomic E-state index is -4.43. The number of aliphatic imine (C=N–C) groups is 1. The zero-order chi connectivity index (χ0) is 21.4. The molecule has 11 heteroatoms. The fourth-order valence-electron chi connectivity index (χ4n) is 2.90. The molecule has 0 bridgehead atoms. The SMILES string of the molecule is CCNC(=NCCNC(=O)c1ccc(C(F)(F)F)cc1)N1CCN(C(C)=O)CC1.I. The molecule has 1 heterocycles. The predicted molar refractivity (Wildman–Crippen MR) is 119 cm³/mol. The topological polar surface area (TPSA) is 77.0 Å². The number of alkyl halides is 3. The fraction of sp³-hybridized carbons (Fsp3) is 0.526. The lowest BCUT2D eigenvalue weighted by Gasteiger charge is -2.36. The van der Waals surface area contributed by atoms with Crippen molar-refractivity contribution in [1.29, 1.82) is 0 Å². The molecule has 2 N–H and O–H groups in total. The first-order chi connectivity index (χ1) is 13.7. The van der Waals surface area contributed by atoms with Gasteiger partial charge in [0.25, 0.3) is 5.91 Å². The minimum absolute atomic E-state index is 0. The molecule has 1 fully saturated rings. The Bertz CT molecular complexity index is 733. The Morgan fingerprint density at radius 3 is 2.10 bits per heavy atom. The van der Waals surface area contributed by atoms with Crippen molar-refractivity contribution in [3.63, 3.8) is 0 Å². The molecule has 30 heavy (non-hydrogen) atoms. The Morgan fingerprint density at radius 2 is 1.60 bits per heavy atom. The van der Waals surface area contributed by atoms with Gasteiger partial charge < -0.3 is 20.4 Å². The highest BCUT2D eigenvalue weighted by Crippen LogP contribution is 2.29. The standard InChI is InChI=1S/C19H26F3N5O2.HI/c1-3-23-18(27-12-10-26(11-13-27)14(2)28)25-9-8-24-17(29)15-4-6-16(7-5-15)19(20,21)22;/h4-7H,3,8-13H2,1-2H3,(H,23,25)(H,24,29);1H.